The fourth-order valence-electron chi connectivity index (χ4n) is 2.61. The van der Waals surface area contributed by atoms with Crippen LogP contribution in [0, 0.1) is 0 Å². The van der Waals surface area contributed by atoms with Crippen LogP contribution in [0.25, 0.3) is 0 Å². The molecule has 2 aromatic rings. The lowest BCUT2D eigenvalue weighted by Crippen LogP contribution is -2.45. The Kier molecular flexibility index (Phi) is 4.18. The normalized spacial score (nSPS) is 18.4. The van der Waals surface area contributed by atoms with Gasteiger partial charge in [0.1, 0.15) is 0 Å². The zero-order valence-electron chi connectivity index (χ0n) is 10.7. The third-order valence-corrected chi connectivity index (χ3v) is 4.80. The Morgan fingerprint density at radius 3 is 2.58 bits per heavy atom. The lowest BCUT2D eigenvalue weighted by atomic mass is 10.0. The first kappa shape index (κ1) is 13.1. The molecule has 1 unspecified atom stereocenters. The lowest BCUT2D eigenvalue weighted by Gasteiger charge is -2.35. The van der Waals surface area contributed by atoms with Gasteiger partial charge in [-0.3, -0.25) is 4.90 Å². The van der Waals surface area contributed by atoms with Gasteiger partial charge in [0.15, 0.2) is 0 Å². The molecular formula is C15H17ClN2S. The molecule has 1 N–H and O–H groups in total. The third kappa shape index (κ3) is 2.84. The van der Waals surface area contributed by atoms with Gasteiger partial charge in [0.25, 0.3) is 0 Å². The van der Waals surface area contributed by atoms with E-state index in [-0.39, 0.29) is 6.04 Å². The molecule has 0 aliphatic carbocycles. The largest absolute Gasteiger partial charge is 0.314 e. The van der Waals surface area contributed by atoms with Crippen LogP contribution in [-0.4, -0.2) is 31.1 Å². The molecule has 1 atom stereocenters. The maximum Gasteiger partial charge on any atom is 0.0711 e. The number of piperazine rings is 1. The van der Waals surface area contributed by atoms with Crippen LogP contribution in [0.3, 0.4) is 0 Å². The number of rotatable bonds is 3. The van der Waals surface area contributed by atoms with Crippen LogP contribution in [0.4, 0.5) is 0 Å². The van der Waals surface area contributed by atoms with Crippen molar-refractivity contribution in [1.82, 2.24) is 10.2 Å². The van der Waals surface area contributed by atoms with Crippen molar-refractivity contribution in [1.29, 1.82) is 0 Å². The van der Waals surface area contributed by atoms with E-state index in [0.717, 1.165) is 31.2 Å². The zero-order valence-corrected chi connectivity index (χ0v) is 12.3. The molecule has 3 rings (SSSR count). The smallest absolute Gasteiger partial charge is 0.0711 e. The highest BCUT2D eigenvalue weighted by molar-refractivity contribution is 7.10. The molecule has 1 fully saturated rings. The number of hydrogen-bond donors (Lipinski definition) is 1. The van der Waals surface area contributed by atoms with E-state index >= 15 is 0 Å². The van der Waals surface area contributed by atoms with E-state index in [0.29, 0.717) is 0 Å². The average Bonchev–Trinajstić information content (AvgIpc) is 2.96. The van der Waals surface area contributed by atoms with Crippen molar-refractivity contribution in [3.05, 3.63) is 57.2 Å². The predicted octanol–water partition coefficient (Wildman–Crippen LogP) is 3.40. The third-order valence-electron chi connectivity index (χ3n) is 3.53. The van der Waals surface area contributed by atoms with Crippen LogP contribution < -0.4 is 5.32 Å². The average molecular weight is 293 g/mol. The van der Waals surface area contributed by atoms with E-state index in [1.165, 1.54) is 10.4 Å². The standard InChI is InChI=1S/C15H17ClN2S/c16-13-5-2-1-4-12(13)15(14-6-3-11-19-14)18-9-7-17-8-10-18/h1-6,11,15,17H,7-10H2. The monoisotopic (exact) mass is 292 g/mol. The maximum absolute atomic E-state index is 6.42. The fraction of sp³-hybridized carbons (Fsp3) is 0.333. The maximum atomic E-state index is 6.42. The molecule has 1 aliphatic heterocycles. The number of benzene rings is 1. The van der Waals surface area contributed by atoms with Crippen LogP contribution in [0.15, 0.2) is 41.8 Å². The van der Waals surface area contributed by atoms with Crippen molar-refractivity contribution in [2.24, 2.45) is 0 Å². The molecule has 0 saturated carbocycles. The molecule has 1 aromatic heterocycles. The molecule has 0 spiro atoms. The highest BCUT2D eigenvalue weighted by atomic mass is 35.5. The zero-order chi connectivity index (χ0) is 13.1. The summed E-state index contributed by atoms with van der Waals surface area (Å²) in [4.78, 5) is 3.89. The van der Waals surface area contributed by atoms with Gasteiger partial charge in [-0.1, -0.05) is 35.9 Å². The van der Waals surface area contributed by atoms with Gasteiger partial charge < -0.3 is 5.32 Å². The van der Waals surface area contributed by atoms with Crippen LogP contribution in [-0.2, 0) is 0 Å². The highest BCUT2D eigenvalue weighted by Gasteiger charge is 2.25. The number of nitrogens with zero attached hydrogens (tertiary/aromatic N) is 1. The summed E-state index contributed by atoms with van der Waals surface area (Å²) in [5.74, 6) is 0. The lowest BCUT2D eigenvalue weighted by molar-refractivity contribution is 0.201. The molecule has 1 aromatic carbocycles. The summed E-state index contributed by atoms with van der Waals surface area (Å²) in [6, 6.07) is 12.8. The van der Waals surface area contributed by atoms with Crippen LogP contribution in [0.5, 0.6) is 0 Å². The molecule has 2 nitrogen and oxygen atoms in total. The molecular weight excluding hydrogens is 276 g/mol. The van der Waals surface area contributed by atoms with E-state index in [9.17, 15) is 0 Å². The second kappa shape index (κ2) is 6.06. The van der Waals surface area contributed by atoms with E-state index in [4.69, 9.17) is 11.6 Å². The molecule has 1 saturated heterocycles. The summed E-state index contributed by atoms with van der Waals surface area (Å²) in [7, 11) is 0. The summed E-state index contributed by atoms with van der Waals surface area (Å²) in [5, 5.41) is 6.41. The summed E-state index contributed by atoms with van der Waals surface area (Å²) >= 11 is 8.22. The molecule has 2 heterocycles. The first-order valence-corrected chi connectivity index (χ1v) is 7.84. The van der Waals surface area contributed by atoms with Crippen molar-refractivity contribution in [3.63, 3.8) is 0 Å². The molecule has 19 heavy (non-hydrogen) atoms. The Balaban J connectivity index is 1.99. The molecule has 4 heteroatoms. The van der Waals surface area contributed by atoms with Gasteiger partial charge in [-0.2, -0.15) is 0 Å². The second-order valence-electron chi connectivity index (χ2n) is 4.73. The number of halogens is 1. The van der Waals surface area contributed by atoms with Gasteiger partial charge in [0.05, 0.1) is 6.04 Å². The first-order chi connectivity index (χ1) is 9.36. The number of hydrogen-bond acceptors (Lipinski definition) is 3. The Morgan fingerprint density at radius 1 is 1.11 bits per heavy atom. The van der Waals surface area contributed by atoms with Gasteiger partial charge in [-0.25, -0.2) is 0 Å². The summed E-state index contributed by atoms with van der Waals surface area (Å²) in [5.41, 5.74) is 1.22. The Labute approximate surface area is 123 Å². The van der Waals surface area contributed by atoms with Crippen molar-refractivity contribution < 1.29 is 0 Å². The Hall–Kier alpha value is -0.870. The van der Waals surface area contributed by atoms with Crippen molar-refractivity contribution in [2.75, 3.05) is 26.2 Å². The molecule has 1 aliphatic rings. The van der Waals surface area contributed by atoms with Crippen LogP contribution in [0.1, 0.15) is 16.5 Å². The van der Waals surface area contributed by atoms with Gasteiger partial charge in [0.2, 0.25) is 0 Å². The van der Waals surface area contributed by atoms with E-state index < -0.39 is 0 Å². The number of nitrogens with one attached hydrogen (secondary N) is 1. The van der Waals surface area contributed by atoms with E-state index in [1.54, 1.807) is 0 Å². The summed E-state index contributed by atoms with van der Waals surface area (Å²) in [6.07, 6.45) is 0. The van der Waals surface area contributed by atoms with Gasteiger partial charge in [-0.05, 0) is 23.1 Å². The quantitative estimate of drug-likeness (QED) is 0.933. The Bertz CT molecular complexity index is 521. The van der Waals surface area contributed by atoms with Crippen LogP contribution in [0.2, 0.25) is 5.02 Å². The summed E-state index contributed by atoms with van der Waals surface area (Å²) < 4.78 is 0. The second-order valence-corrected chi connectivity index (χ2v) is 6.11. The van der Waals surface area contributed by atoms with E-state index in [1.807, 2.05) is 23.5 Å². The molecule has 100 valence electrons. The van der Waals surface area contributed by atoms with Crippen molar-refractivity contribution >= 4 is 22.9 Å². The SMILES string of the molecule is Clc1ccccc1C(c1cccs1)N1CCNCC1. The van der Waals surface area contributed by atoms with Gasteiger partial charge in [0, 0.05) is 36.1 Å². The molecule has 0 radical (unpaired) electrons. The summed E-state index contributed by atoms with van der Waals surface area (Å²) in [6.45, 7) is 4.22. The predicted molar refractivity (Wildman–Crippen MR) is 82.1 cm³/mol. The molecule has 0 amide bonds. The Morgan fingerprint density at radius 2 is 1.89 bits per heavy atom. The highest BCUT2D eigenvalue weighted by Crippen LogP contribution is 2.35. The number of thiophene rings is 1. The van der Waals surface area contributed by atoms with Crippen molar-refractivity contribution in [3.8, 4) is 0 Å². The topological polar surface area (TPSA) is 15.3 Å². The fourth-order valence-corrected chi connectivity index (χ4v) is 3.73. The first-order valence-electron chi connectivity index (χ1n) is 6.59. The van der Waals surface area contributed by atoms with Crippen LogP contribution >= 0.6 is 22.9 Å². The minimum absolute atomic E-state index is 0.288. The van der Waals surface area contributed by atoms with Gasteiger partial charge in [-0.15, -0.1) is 11.3 Å². The van der Waals surface area contributed by atoms with Crippen molar-refractivity contribution in [2.45, 2.75) is 6.04 Å². The minimum Gasteiger partial charge on any atom is -0.314 e. The van der Waals surface area contributed by atoms with E-state index in [2.05, 4.69) is 39.9 Å². The minimum atomic E-state index is 0.288. The molecule has 0 bridgehead atoms. The van der Waals surface area contributed by atoms with Gasteiger partial charge >= 0.3 is 0 Å².